The van der Waals surface area contributed by atoms with Crippen LogP contribution in [0.25, 0.3) is 33.5 Å². The van der Waals surface area contributed by atoms with Gasteiger partial charge in [0.1, 0.15) is 0 Å². The third-order valence-electron chi connectivity index (χ3n) is 3.86. The summed E-state index contributed by atoms with van der Waals surface area (Å²) in [4.78, 5) is 8.92. The lowest BCUT2D eigenvalue weighted by Crippen LogP contribution is -2.04. The summed E-state index contributed by atoms with van der Waals surface area (Å²) in [5.41, 5.74) is 3.28. The molecule has 4 aromatic rings. The lowest BCUT2D eigenvalue weighted by atomic mass is 10.0. The minimum atomic E-state index is -4.36. The van der Waals surface area contributed by atoms with Crippen molar-refractivity contribution in [1.82, 2.24) is 20.2 Å². The zero-order chi connectivity index (χ0) is 17.4. The van der Waals surface area contributed by atoms with E-state index >= 15 is 0 Å². The van der Waals surface area contributed by atoms with Gasteiger partial charge < -0.3 is 0 Å². The molecular formula is C18H11F3N4. The maximum Gasteiger partial charge on any atom is 0.416 e. The number of alkyl halides is 3. The minimum Gasteiger partial charge on any atom is -0.277 e. The largest absolute Gasteiger partial charge is 0.416 e. The molecule has 124 valence electrons. The maximum absolute atomic E-state index is 12.7. The molecule has 0 spiro atoms. The monoisotopic (exact) mass is 340 g/mol. The fourth-order valence-corrected chi connectivity index (χ4v) is 2.61. The van der Waals surface area contributed by atoms with Crippen LogP contribution in [-0.4, -0.2) is 20.2 Å². The third kappa shape index (κ3) is 2.84. The number of aromatic nitrogens is 4. The van der Waals surface area contributed by atoms with Crippen LogP contribution in [0.3, 0.4) is 0 Å². The Hall–Kier alpha value is -3.22. The van der Waals surface area contributed by atoms with Crippen LogP contribution in [0, 0.1) is 0 Å². The molecule has 0 saturated carbocycles. The molecule has 0 aliphatic carbocycles. The number of nitrogens with one attached hydrogen (secondary N) is 1. The normalized spacial score (nSPS) is 11.8. The maximum atomic E-state index is 12.7. The van der Waals surface area contributed by atoms with Crippen molar-refractivity contribution < 1.29 is 13.2 Å². The highest BCUT2D eigenvalue weighted by Crippen LogP contribution is 2.33. The van der Waals surface area contributed by atoms with E-state index in [1.807, 2.05) is 24.3 Å². The molecule has 0 unspecified atom stereocenters. The van der Waals surface area contributed by atoms with Crippen LogP contribution in [0.15, 0.2) is 60.9 Å². The highest BCUT2D eigenvalue weighted by Gasteiger charge is 2.30. The Balaban J connectivity index is 1.77. The zero-order valence-corrected chi connectivity index (χ0v) is 12.7. The molecule has 0 aliphatic rings. The second-order valence-corrected chi connectivity index (χ2v) is 5.48. The number of aromatic amines is 1. The lowest BCUT2D eigenvalue weighted by Gasteiger charge is -2.08. The predicted octanol–water partition coefficient (Wildman–Crippen LogP) is 4.71. The molecule has 25 heavy (non-hydrogen) atoms. The first kappa shape index (κ1) is 15.3. The molecule has 0 saturated heterocycles. The molecule has 0 aliphatic heterocycles. The van der Waals surface area contributed by atoms with Crippen LogP contribution < -0.4 is 0 Å². The van der Waals surface area contributed by atoms with Crippen LogP contribution in [-0.2, 0) is 6.18 Å². The number of halogens is 3. The summed E-state index contributed by atoms with van der Waals surface area (Å²) < 4.78 is 38.1. The molecule has 0 radical (unpaired) electrons. The first-order valence-electron chi connectivity index (χ1n) is 7.45. The van der Waals surface area contributed by atoms with Crippen molar-refractivity contribution >= 4 is 11.0 Å². The van der Waals surface area contributed by atoms with E-state index in [2.05, 4.69) is 20.2 Å². The number of hydrogen-bond donors (Lipinski definition) is 1. The summed E-state index contributed by atoms with van der Waals surface area (Å²) in [7, 11) is 0. The van der Waals surface area contributed by atoms with Crippen molar-refractivity contribution in [2.24, 2.45) is 0 Å². The molecule has 2 aromatic heterocycles. The average Bonchev–Trinajstić information content (AvgIpc) is 3.10. The van der Waals surface area contributed by atoms with E-state index in [4.69, 9.17) is 0 Å². The first-order chi connectivity index (χ1) is 12.0. The average molecular weight is 340 g/mol. The minimum absolute atomic E-state index is 0.593. The van der Waals surface area contributed by atoms with Crippen molar-refractivity contribution in [1.29, 1.82) is 0 Å². The summed E-state index contributed by atoms with van der Waals surface area (Å²) in [6.45, 7) is 0. The molecule has 0 bridgehead atoms. The second-order valence-electron chi connectivity index (χ2n) is 5.48. The highest BCUT2D eigenvalue weighted by molar-refractivity contribution is 5.82. The molecule has 7 heteroatoms. The molecule has 0 atom stereocenters. The molecule has 0 amide bonds. The van der Waals surface area contributed by atoms with E-state index < -0.39 is 11.7 Å². The van der Waals surface area contributed by atoms with E-state index in [-0.39, 0.29) is 0 Å². The quantitative estimate of drug-likeness (QED) is 0.575. The number of rotatable bonds is 2. The number of para-hydroxylation sites is 2. The Kier molecular flexibility index (Phi) is 3.49. The van der Waals surface area contributed by atoms with Gasteiger partial charge in [0.15, 0.2) is 0 Å². The van der Waals surface area contributed by atoms with Crippen molar-refractivity contribution in [3.8, 4) is 22.5 Å². The molecule has 4 nitrogen and oxygen atoms in total. The summed E-state index contributed by atoms with van der Waals surface area (Å²) >= 11 is 0. The number of hydrogen-bond acceptors (Lipinski definition) is 3. The third-order valence-corrected chi connectivity index (χ3v) is 3.86. The Bertz CT molecular complexity index is 1040. The van der Waals surface area contributed by atoms with Crippen molar-refractivity contribution in [3.05, 3.63) is 66.5 Å². The van der Waals surface area contributed by atoms with Crippen LogP contribution in [0.5, 0.6) is 0 Å². The Morgan fingerprint density at radius 1 is 0.840 bits per heavy atom. The fraction of sp³-hybridized carbons (Fsp3) is 0.0556. The first-order valence-corrected chi connectivity index (χ1v) is 7.45. The zero-order valence-electron chi connectivity index (χ0n) is 12.7. The Morgan fingerprint density at radius 2 is 1.56 bits per heavy atom. The standard InChI is InChI=1S/C18H11F3N4/c19-18(20,21)12-7-5-11(6-8-12)17-13(9-23-25-17)16-10-22-14-3-1-2-4-15(14)24-16/h1-10H,(H,23,25). The number of H-pyrrole nitrogens is 1. The van der Waals surface area contributed by atoms with E-state index in [1.165, 1.54) is 12.1 Å². The summed E-state index contributed by atoms with van der Waals surface area (Å²) in [6, 6.07) is 12.4. The molecule has 2 aromatic carbocycles. The number of benzene rings is 2. The Labute approximate surface area is 140 Å². The molecule has 1 N–H and O–H groups in total. The van der Waals surface area contributed by atoms with Crippen LogP contribution in [0.1, 0.15) is 5.56 Å². The SMILES string of the molecule is FC(F)(F)c1ccc(-c2[nH]ncc2-c2cnc3ccccc3n2)cc1. The Morgan fingerprint density at radius 3 is 2.28 bits per heavy atom. The van der Waals surface area contributed by atoms with E-state index in [0.717, 1.165) is 23.2 Å². The smallest absolute Gasteiger partial charge is 0.277 e. The summed E-state index contributed by atoms with van der Waals surface area (Å²) in [5.74, 6) is 0. The summed E-state index contributed by atoms with van der Waals surface area (Å²) in [5, 5.41) is 6.84. The van der Waals surface area contributed by atoms with Gasteiger partial charge in [-0.05, 0) is 24.3 Å². The molecule has 4 rings (SSSR count). The van der Waals surface area contributed by atoms with Gasteiger partial charge in [0.25, 0.3) is 0 Å². The van der Waals surface area contributed by atoms with Gasteiger partial charge in [-0.2, -0.15) is 18.3 Å². The molecule has 0 fully saturated rings. The van der Waals surface area contributed by atoms with Gasteiger partial charge in [0.2, 0.25) is 0 Å². The fourth-order valence-electron chi connectivity index (χ4n) is 2.61. The van der Waals surface area contributed by atoms with E-state index in [1.54, 1.807) is 12.4 Å². The second kappa shape index (κ2) is 5.70. The van der Waals surface area contributed by atoms with Gasteiger partial charge >= 0.3 is 6.18 Å². The van der Waals surface area contributed by atoms with Crippen molar-refractivity contribution in [3.63, 3.8) is 0 Å². The predicted molar refractivity (Wildman–Crippen MR) is 87.6 cm³/mol. The number of fused-ring (bicyclic) bond motifs is 1. The van der Waals surface area contributed by atoms with Crippen molar-refractivity contribution in [2.75, 3.05) is 0 Å². The van der Waals surface area contributed by atoms with Crippen molar-refractivity contribution in [2.45, 2.75) is 6.18 Å². The highest BCUT2D eigenvalue weighted by atomic mass is 19.4. The number of nitrogens with zero attached hydrogens (tertiary/aromatic N) is 3. The molecular weight excluding hydrogens is 329 g/mol. The van der Waals surface area contributed by atoms with Gasteiger partial charge in [0, 0.05) is 11.1 Å². The van der Waals surface area contributed by atoms with Gasteiger partial charge in [-0.3, -0.25) is 10.1 Å². The summed E-state index contributed by atoms with van der Waals surface area (Å²) in [6.07, 6.45) is -1.15. The van der Waals surface area contributed by atoms with Gasteiger partial charge in [-0.25, -0.2) is 4.98 Å². The van der Waals surface area contributed by atoms with Crippen LogP contribution in [0.2, 0.25) is 0 Å². The van der Waals surface area contributed by atoms with Gasteiger partial charge in [-0.15, -0.1) is 0 Å². The van der Waals surface area contributed by atoms with Crippen LogP contribution in [0.4, 0.5) is 13.2 Å². The van der Waals surface area contributed by atoms with Gasteiger partial charge in [-0.1, -0.05) is 24.3 Å². The van der Waals surface area contributed by atoms with Crippen LogP contribution >= 0.6 is 0 Å². The van der Waals surface area contributed by atoms with E-state index in [9.17, 15) is 13.2 Å². The van der Waals surface area contributed by atoms with E-state index in [0.29, 0.717) is 22.5 Å². The topological polar surface area (TPSA) is 54.5 Å². The van der Waals surface area contributed by atoms with Gasteiger partial charge in [0.05, 0.1) is 40.4 Å². The molecule has 2 heterocycles. The lowest BCUT2D eigenvalue weighted by molar-refractivity contribution is -0.137.